The Balaban J connectivity index is 1.55. The highest BCUT2D eigenvalue weighted by atomic mass is 32.2. The van der Waals surface area contributed by atoms with Gasteiger partial charge in [0, 0.05) is 6.42 Å². The summed E-state index contributed by atoms with van der Waals surface area (Å²) >= 11 is 1.38. The summed E-state index contributed by atoms with van der Waals surface area (Å²) in [6, 6.07) is 17.2. The van der Waals surface area contributed by atoms with Gasteiger partial charge in [-0.1, -0.05) is 23.5 Å². The van der Waals surface area contributed by atoms with E-state index in [9.17, 15) is 13.2 Å². The van der Waals surface area contributed by atoms with E-state index in [2.05, 4.69) is 4.98 Å². The molecular formula is C22H20N2O5S2. The Hall–Kier alpha value is -3.17. The Labute approximate surface area is 183 Å². The smallest absolute Gasteiger partial charge is 0.230 e. The number of furan rings is 1. The van der Waals surface area contributed by atoms with Crippen LogP contribution in [0.5, 0.6) is 5.75 Å². The second-order valence-corrected chi connectivity index (χ2v) is 9.89. The summed E-state index contributed by atoms with van der Waals surface area (Å²) in [5.41, 5.74) is 0.783. The number of fused-ring (bicyclic) bond motifs is 1. The van der Waals surface area contributed by atoms with Crippen LogP contribution in [0.15, 0.2) is 76.2 Å². The van der Waals surface area contributed by atoms with Crippen LogP contribution in [-0.4, -0.2) is 32.2 Å². The third kappa shape index (κ3) is 4.78. The highest BCUT2D eigenvalue weighted by Crippen LogP contribution is 2.30. The van der Waals surface area contributed by atoms with Crippen molar-refractivity contribution in [2.45, 2.75) is 17.9 Å². The van der Waals surface area contributed by atoms with Gasteiger partial charge in [0.05, 0.1) is 40.8 Å². The van der Waals surface area contributed by atoms with Gasteiger partial charge < -0.3 is 9.15 Å². The summed E-state index contributed by atoms with van der Waals surface area (Å²) in [6.07, 6.45) is 1.36. The van der Waals surface area contributed by atoms with Gasteiger partial charge in [0.15, 0.2) is 15.0 Å². The fourth-order valence-electron chi connectivity index (χ4n) is 3.05. The van der Waals surface area contributed by atoms with Crippen molar-refractivity contribution in [3.8, 4) is 5.75 Å². The number of nitrogens with zero attached hydrogens (tertiary/aromatic N) is 2. The number of ether oxygens (including phenoxy) is 1. The molecule has 0 spiro atoms. The van der Waals surface area contributed by atoms with Gasteiger partial charge in [-0.25, -0.2) is 13.4 Å². The van der Waals surface area contributed by atoms with Gasteiger partial charge in [0.1, 0.15) is 11.5 Å². The topological polar surface area (TPSA) is 89.7 Å². The molecule has 0 bridgehead atoms. The molecule has 0 unspecified atom stereocenters. The van der Waals surface area contributed by atoms with Crippen LogP contribution in [0.2, 0.25) is 0 Å². The zero-order chi connectivity index (χ0) is 21.8. The number of carbonyl (C=O) groups excluding carboxylic acids is 1. The molecule has 4 aromatic rings. The van der Waals surface area contributed by atoms with Crippen LogP contribution in [-0.2, 0) is 21.2 Å². The monoisotopic (exact) mass is 456 g/mol. The normalized spacial score (nSPS) is 11.5. The van der Waals surface area contributed by atoms with Gasteiger partial charge in [0.2, 0.25) is 5.91 Å². The zero-order valence-corrected chi connectivity index (χ0v) is 18.4. The van der Waals surface area contributed by atoms with Gasteiger partial charge in [-0.05, 0) is 48.5 Å². The molecule has 2 heterocycles. The first-order chi connectivity index (χ1) is 15.0. The third-order valence-electron chi connectivity index (χ3n) is 4.71. The molecule has 0 radical (unpaired) electrons. The van der Waals surface area contributed by atoms with Gasteiger partial charge in [-0.2, -0.15) is 0 Å². The average Bonchev–Trinajstić information content (AvgIpc) is 3.45. The molecule has 0 N–H and O–H groups in total. The molecule has 0 aliphatic heterocycles. The fourth-order valence-corrected chi connectivity index (χ4v) is 5.27. The van der Waals surface area contributed by atoms with Crippen LogP contribution < -0.4 is 9.64 Å². The van der Waals surface area contributed by atoms with E-state index in [1.54, 1.807) is 24.3 Å². The summed E-state index contributed by atoms with van der Waals surface area (Å²) in [6.45, 7) is 0.175. The summed E-state index contributed by atoms with van der Waals surface area (Å²) in [5, 5.41) is 0.504. The number of benzene rings is 2. The summed E-state index contributed by atoms with van der Waals surface area (Å²) in [7, 11) is -2.11. The van der Waals surface area contributed by atoms with Gasteiger partial charge in [0.25, 0.3) is 0 Å². The minimum absolute atomic E-state index is 0.152. The maximum Gasteiger partial charge on any atom is 0.230 e. The highest BCUT2D eigenvalue weighted by Gasteiger charge is 2.24. The fraction of sp³-hybridized carbons (Fsp3) is 0.182. The number of anilines is 1. The molecule has 0 atom stereocenters. The number of methoxy groups -OCH3 is 1. The van der Waals surface area contributed by atoms with Crippen LogP contribution in [0, 0.1) is 0 Å². The van der Waals surface area contributed by atoms with Gasteiger partial charge in [-0.15, -0.1) is 0 Å². The Morgan fingerprint density at radius 1 is 1.10 bits per heavy atom. The van der Waals surface area contributed by atoms with E-state index in [0.717, 1.165) is 10.2 Å². The van der Waals surface area contributed by atoms with E-state index >= 15 is 0 Å². The second-order valence-electron chi connectivity index (χ2n) is 6.77. The van der Waals surface area contributed by atoms with Crippen LogP contribution in [0.4, 0.5) is 5.13 Å². The molecule has 160 valence electrons. The number of rotatable bonds is 8. The standard InChI is InChI=1S/C22H20N2O5S2/c1-28-16-8-10-18(11-9-16)31(26,27)14-12-21(25)24(15-17-5-4-13-29-17)22-23-19-6-2-3-7-20(19)30-22/h2-11,13H,12,14-15H2,1H3. The quantitative estimate of drug-likeness (QED) is 0.393. The molecule has 2 aromatic heterocycles. The van der Waals surface area contributed by atoms with Crippen molar-refractivity contribution in [2.24, 2.45) is 0 Å². The predicted octanol–water partition coefficient (Wildman–Crippen LogP) is 4.30. The molecule has 9 heteroatoms. The zero-order valence-electron chi connectivity index (χ0n) is 16.7. The van der Waals surface area contributed by atoms with Crippen LogP contribution in [0.3, 0.4) is 0 Å². The molecule has 31 heavy (non-hydrogen) atoms. The Morgan fingerprint density at radius 3 is 2.55 bits per heavy atom. The van der Waals surface area contributed by atoms with E-state index in [1.165, 1.54) is 41.7 Å². The van der Waals surface area contributed by atoms with Crippen molar-refractivity contribution < 1.29 is 22.4 Å². The van der Waals surface area contributed by atoms with Crippen LogP contribution in [0.1, 0.15) is 12.2 Å². The number of amides is 1. The lowest BCUT2D eigenvalue weighted by molar-refractivity contribution is -0.118. The lowest BCUT2D eigenvalue weighted by Gasteiger charge is -2.18. The van der Waals surface area contributed by atoms with Crippen LogP contribution in [0.25, 0.3) is 10.2 Å². The van der Waals surface area contributed by atoms with Crippen molar-refractivity contribution in [3.05, 3.63) is 72.7 Å². The van der Waals surface area contributed by atoms with Crippen molar-refractivity contribution in [1.82, 2.24) is 4.98 Å². The number of hydrogen-bond donors (Lipinski definition) is 0. The molecule has 0 saturated heterocycles. The van der Waals surface area contributed by atoms with E-state index in [4.69, 9.17) is 9.15 Å². The molecule has 0 saturated carbocycles. The van der Waals surface area contributed by atoms with E-state index in [-0.39, 0.29) is 29.5 Å². The Morgan fingerprint density at radius 2 is 1.87 bits per heavy atom. The summed E-state index contributed by atoms with van der Waals surface area (Å²) < 4.78 is 36.8. The van der Waals surface area contributed by atoms with Crippen molar-refractivity contribution >= 4 is 42.4 Å². The second kappa shape index (κ2) is 8.91. The summed E-state index contributed by atoms with van der Waals surface area (Å²) in [5.74, 6) is 0.506. The maximum absolute atomic E-state index is 13.1. The summed E-state index contributed by atoms with van der Waals surface area (Å²) in [4.78, 5) is 19.3. The Bertz CT molecular complexity index is 1250. The van der Waals surface area contributed by atoms with E-state index in [1.807, 2.05) is 24.3 Å². The minimum atomic E-state index is -3.63. The molecule has 0 aliphatic carbocycles. The van der Waals surface area contributed by atoms with E-state index in [0.29, 0.717) is 16.6 Å². The lowest BCUT2D eigenvalue weighted by Crippen LogP contribution is -2.31. The van der Waals surface area contributed by atoms with Crippen LogP contribution >= 0.6 is 11.3 Å². The van der Waals surface area contributed by atoms with Crippen molar-refractivity contribution in [3.63, 3.8) is 0 Å². The first-order valence-electron chi connectivity index (χ1n) is 9.51. The number of carbonyl (C=O) groups is 1. The molecule has 7 nitrogen and oxygen atoms in total. The van der Waals surface area contributed by atoms with E-state index < -0.39 is 9.84 Å². The Kier molecular flexibility index (Phi) is 6.06. The third-order valence-corrected chi connectivity index (χ3v) is 7.50. The van der Waals surface area contributed by atoms with Gasteiger partial charge >= 0.3 is 0 Å². The molecule has 1 amide bonds. The molecule has 0 fully saturated rings. The highest BCUT2D eigenvalue weighted by molar-refractivity contribution is 7.91. The minimum Gasteiger partial charge on any atom is -0.497 e. The SMILES string of the molecule is COc1ccc(S(=O)(=O)CCC(=O)N(Cc2ccco2)c2nc3ccccc3s2)cc1. The van der Waals surface area contributed by atoms with Gasteiger partial charge in [-0.3, -0.25) is 9.69 Å². The molecule has 2 aromatic carbocycles. The molecular weight excluding hydrogens is 436 g/mol. The average molecular weight is 457 g/mol. The molecule has 0 aliphatic rings. The predicted molar refractivity (Wildman–Crippen MR) is 119 cm³/mol. The number of sulfone groups is 1. The first-order valence-corrected chi connectivity index (χ1v) is 12.0. The maximum atomic E-state index is 13.1. The molecule has 4 rings (SSSR count). The first kappa shape index (κ1) is 21.1. The number of thiazole rings is 1. The largest absolute Gasteiger partial charge is 0.497 e. The number of aromatic nitrogens is 1. The lowest BCUT2D eigenvalue weighted by atomic mass is 10.3. The number of hydrogen-bond acceptors (Lipinski definition) is 7. The van der Waals surface area contributed by atoms with Crippen molar-refractivity contribution in [1.29, 1.82) is 0 Å². The number of para-hydroxylation sites is 1. The van der Waals surface area contributed by atoms with Crippen molar-refractivity contribution in [2.75, 3.05) is 17.8 Å².